The van der Waals surface area contributed by atoms with E-state index < -0.39 is 6.36 Å². The number of pyridine rings is 1. The van der Waals surface area contributed by atoms with E-state index in [1.165, 1.54) is 24.3 Å². The Morgan fingerprint density at radius 2 is 1.84 bits per heavy atom. The Hall–Kier alpha value is -2.77. The van der Waals surface area contributed by atoms with Crippen LogP contribution in [0.3, 0.4) is 0 Å². The van der Waals surface area contributed by atoms with Crippen molar-refractivity contribution in [1.82, 2.24) is 4.98 Å². The largest absolute Gasteiger partial charge is 0.573 e. The summed E-state index contributed by atoms with van der Waals surface area (Å²) in [6, 6.07) is 7.25. The molecule has 0 atom stereocenters. The van der Waals surface area contributed by atoms with Crippen molar-refractivity contribution in [3.05, 3.63) is 41.6 Å². The summed E-state index contributed by atoms with van der Waals surface area (Å²) in [7, 11) is 1.74. The zero-order chi connectivity index (χ0) is 18.6. The van der Waals surface area contributed by atoms with E-state index in [1.54, 1.807) is 24.9 Å². The minimum atomic E-state index is -4.72. The molecule has 0 aliphatic carbocycles. The normalized spacial score (nSPS) is 11.1. The van der Waals surface area contributed by atoms with Gasteiger partial charge in [-0.25, -0.2) is 4.98 Å². The number of hydrogen-bond donors (Lipinski definition) is 0. The second-order valence-electron chi connectivity index (χ2n) is 5.29. The molecule has 0 fully saturated rings. The highest BCUT2D eigenvalue weighted by Gasteiger charge is 2.31. The van der Waals surface area contributed by atoms with Gasteiger partial charge < -0.3 is 14.4 Å². The summed E-state index contributed by atoms with van der Waals surface area (Å²) in [5.74, 6) is 0.846. The number of benzene rings is 1. The van der Waals surface area contributed by atoms with E-state index in [4.69, 9.17) is 4.74 Å². The average Bonchev–Trinajstić information content (AvgIpc) is 2.52. The van der Waals surface area contributed by atoms with E-state index >= 15 is 0 Å². The van der Waals surface area contributed by atoms with Crippen molar-refractivity contribution in [2.75, 3.05) is 18.6 Å². The summed E-state index contributed by atoms with van der Waals surface area (Å²) in [4.78, 5) is 16.6. The van der Waals surface area contributed by atoms with Crippen molar-refractivity contribution < 1.29 is 27.4 Å². The zero-order valence-electron chi connectivity index (χ0n) is 13.9. The molecule has 8 heteroatoms. The predicted molar refractivity (Wildman–Crippen MR) is 86.5 cm³/mol. The van der Waals surface area contributed by atoms with Gasteiger partial charge in [0.15, 0.2) is 6.29 Å². The van der Waals surface area contributed by atoms with Gasteiger partial charge in [-0.05, 0) is 49.7 Å². The monoisotopic (exact) mass is 354 g/mol. The summed E-state index contributed by atoms with van der Waals surface area (Å²) in [6.45, 7) is 3.52. The summed E-state index contributed by atoms with van der Waals surface area (Å²) in [5.41, 5.74) is 2.05. The van der Waals surface area contributed by atoms with Crippen LogP contribution in [0.4, 0.5) is 24.7 Å². The molecule has 0 unspecified atom stereocenters. The van der Waals surface area contributed by atoms with Gasteiger partial charge in [0.05, 0.1) is 5.69 Å². The summed E-state index contributed by atoms with van der Waals surface area (Å²) >= 11 is 0. The maximum Gasteiger partial charge on any atom is 0.573 e. The number of nitrogens with zero attached hydrogens (tertiary/aromatic N) is 2. The van der Waals surface area contributed by atoms with Crippen molar-refractivity contribution in [3.8, 4) is 11.5 Å². The Balaban J connectivity index is 2.22. The number of anilines is 2. The molecule has 5 nitrogen and oxygen atoms in total. The minimum absolute atomic E-state index is 0.0563. The molecule has 134 valence electrons. The van der Waals surface area contributed by atoms with Crippen LogP contribution in [-0.4, -0.2) is 31.3 Å². The predicted octanol–water partition coefficient (Wildman–Crippen LogP) is 3.94. The van der Waals surface area contributed by atoms with Gasteiger partial charge >= 0.3 is 6.36 Å². The molecule has 1 heterocycles. The van der Waals surface area contributed by atoms with Crippen LogP contribution in [0.1, 0.15) is 11.3 Å². The molecule has 0 saturated carbocycles. The van der Waals surface area contributed by atoms with Crippen molar-refractivity contribution in [1.29, 1.82) is 0 Å². The first-order valence-electron chi connectivity index (χ1n) is 7.35. The number of alkyl halides is 3. The quantitative estimate of drug-likeness (QED) is 0.736. The molecule has 2 rings (SSSR count). The van der Waals surface area contributed by atoms with Gasteiger partial charge in [0.25, 0.3) is 0 Å². The molecule has 0 bridgehead atoms. The SMILES string of the molecule is Cc1cc(N(C)c2ccc(OC(F)(F)F)cc2)nc(C)c1OCC=O. The molecule has 25 heavy (non-hydrogen) atoms. The standard InChI is InChI=1S/C17H17F3N2O3/c1-11-10-15(21-12(2)16(11)24-9-8-23)22(3)13-4-6-14(7-5-13)25-17(18,19)20/h4-8,10H,9H2,1-3H3. The van der Waals surface area contributed by atoms with Crippen molar-refractivity contribution >= 4 is 17.8 Å². The lowest BCUT2D eigenvalue weighted by Crippen LogP contribution is -2.17. The first kappa shape index (κ1) is 18.6. The Kier molecular flexibility index (Phi) is 5.51. The van der Waals surface area contributed by atoms with Crippen molar-refractivity contribution in [2.45, 2.75) is 20.2 Å². The Morgan fingerprint density at radius 1 is 1.20 bits per heavy atom. The van der Waals surface area contributed by atoms with Gasteiger partial charge in [0, 0.05) is 12.7 Å². The third-order valence-electron chi connectivity index (χ3n) is 3.41. The molecule has 0 aliphatic heterocycles. The fourth-order valence-corrected chi connectivity index (χ4v) is 2.31. The second-order valence-corrected chi connectivity index (χ2v) is 5.29. The molecule has 0 saturated heterocycles. The maximum absolute atomic E-state index is 12.2. The molecule has 0 amide bonds. The highest BCUT2D eigenvalue weighted by Crippen LogP contribution is 2.30. The smallest absolute Gasteiger partial charge is 0.484 e. The second kappa shape index (κ2) is 7.42. The highest BCUT2D eigenvalue weighted by atomic mass is 19.4. The lowest BCUT2D eigenvalue weighted by atomic mass is 10.2. The van der Waals surface area contributed by atoms with Gasteiger partial charge in [0.1, 0.15) is 23.9 Å². The number of rotatable bonds is 6. The number of hydrogen-bond acceptors (Lipinski definition) is 5. The van der Waals surface area contributed by atoms with Crippen LogP contribution in [0.25, 0.3) is 0 Å². The maximum atomic E-state index is 12.2. The van der Waals surface area contributed by atoms with E-state index in [9.17, 15) is 18.0 Å². The number of carbonyl (C=O) groups is 1. The molecular formula is C17H17F3N2O3. The van der Waals surface area contributed by atoms with Crippen LogP contribution in [0.2, 0.25) is 0 Å². The topological polar surface area (TPSA) is 51.7 Å². The third kappa shape index (κ3) is 4.85. The molecule has 0 spiro atoms. The van der Waals surface area contributed by atoms with Gasteiger partial charge in [0.2, 0.25) is 0 Å². The van der Waals surface area contributed by atoms with Gasteiger partial charge in [-0.3, -0.25) is 4.79 Å². The van der Waals surface area contributed by atoms with E-state index in [0.29, 0.717) is 29.2 Å². The first-order chi connectivity index (χ1) is 11.7. The van der Waals surface area contributed by atoms with Crippen LogP contribution < -0.4 is 14.4 Å². The Morgan fingerprint density at radius 3 is 2.36 bits per heavy atom. The fourth-order valence-electron chi connectivity index (χ4n) is 2.31. The molecule has 0 radical (unpaired) electrons. The number of halogens is 3. The Labute approximate surface area is 143 Å². The van der Waals surface area contributed by atoms with E-state index in [0.717, 1.165) is 5.56 Å². The summed E-state index contributed by atoms with van der Waals surface area (Å²) in [5, 5.41) is 0. The number of aryl methyl sites for hydroxylation is 2. The summed E-state index contributed by atoms with van der Waals surface area (Å²) in [6.07, 6.45) is -4.07. The molecule has 1 aromatic carbocycles. The van der Waals surface area contributed by atoms with Gasteiger partial charge in [-0.2, -0.15) is 0 Å². The summed E-state index contributed by atoms with van der Waals surface area (Å²) < 4.78 is 45.8. The van der Waals surface area contributed by atoms with Gasteiger partial charge in [-0.1, -0.05) is 0 Å². The van der Waals surface area contributed by atoms with Crippen LogP contribution in [0.15, 0.2) is 30.3 Å². The van der Waals surface area contributed by atoms with Crippen LogP contribution in [-0.2, 0) is 4.79 Å². The molecular weight excluding hydrogens is 337 g/mol. The molecule has 1 aromatic heterocycles. The van der Waals surface area contributed by atoms with Crippen LogP contribution >= 0.6 is 0 Å². The first-order valence-corrected chi connectivity index (χ1v) is 7.35. The number of aldehydes is 1. The van der Waals surface area contributed by atoms with E-state index in [-0.39, 0.29) is 12.4 Å². The van der Waals surface area contributed by atoms with Crippen molar-refractivity contribution in [3.63, 3.8) is 0 Å². The highest BCUT2D eigenvalue weighted by molar-refractivity contribution is 5.62. The molecule has 2 aromatic rings. The van der Waals surface area contributed by atoms with Gasteiger partial charge in [-0.15, -0.1) is 13.2 Å². The molecule has 0 aliphatic rings. The van der Waals surface area contributed by atoms with Crippen molar-refractivity contribution in [2.24, 2.45) is 0 Å². The number of carbonyl (C=O) groups excluding carboxylic acids is 1. The fraction of sp³-hybridized carbons (Fsp3) is 0.294. The zero-order valence-corrected chi connectivity index (χ0v) is 13.9. The third-order valence-corrected chi connectivity index (χ3v) is 3.41. The lowest BCUT2D eigenvalue weighted by Gasteiger charge is -2.21. The van der Waals surface area contributed by atoms with E-state index in [2.05, 4.69) is 9.72 Å². The molecule has 0 N–H and O–H groups in total. The average molecular weight is 354 g/mol. The number of ether oxygens (including phenoxy) is 2. The van der Waals surface area contributed by atoms with E-state index in [1.807, 2.05) is 6.92 Å². The van der Waals surface area contributed by atoms with Crippen LogP contribution in [0, 0.1) is 13.8 Å². The minimum Gasteiger partial charge on any atom is -0.484 e. The lowest BCUT2D eigenvalue weighted by molar-refractivity contribution is -0.274. The number of aromatic nitrogens is 1. The Bertz CT molecular complexity index is 723. The van der Waals surface area contributed by atoms with Crippen LogP contribution in [0.5, 0.6) is 11.5 Å².